The molecule has 2 atom stereocenters. The Labute approximate surface area is 137 Å². The molecule has 126 valence electrons. The summed E-state index contributed by atoms with van der Waals surface area (Å²) in [4.78, 5) is 16.4. The molecule has 0 aliphatic heterocycles. The lowest BCUT2D eigenvalue weighted by atomic mass is 9.70. The molecule has 2 bridgehead atoms. The van der Waals surface area contributed by atoms with E-state index in [0.29, 0.717) is 31.7 Å². The molecule has 2 fully saturated rings. The Morgan fingerprint density at radius 3 is 2.57 bits per heavy atom. The van der Waals surface area contributed by atoms with Crippen molar-refractivity contribution in [2.75, 3.05) is 12.3 Å². The zero-order valence-corrected chi connectivity index (χ0v) is 14.5. The molecule has 0 saturated heterocycles. The zero-order valence-electron chi connectivity index (χ0n) is 13.7. The van der Waals surface area contributed by atoms with E-state index in [1.165, 1.54) is 0 Å². The van der Waals surface area contributed by atoms with E-state index in [9.17, 15) is 13.2 Å². The molecule has 3 rings (SSSR count). The topological polar surface area (TPSA) is 76.1 Å². The van der Waals surface area contributed by atoms with Gasteiger partial charge < -0.3 is 0 Å². The summed E-state index contributed by atoms with van der Waals surface area (Å²) in [5.41, 5.74) is 0.128. The van der Waals surface area contributed by atoms with E-state index >= 15 is 0 Å². The van der Waals surface area contributed by atoms with Gasteiger partial charge in [0.15, 0.2) is 0 Å². The lowest BCUT2D eigenvalue weighted by Crippen LogP contribution is -2.45. The second kappa shape index (κ2) is 5.67. The molecule has 23 heavy (non-hydrogen) atoms. The minimum Gasteiger partial charge on any atom is -0.299 e. The second-order valence-electron chi connectivity index (χ2n) is 7.43. The van der Waals surface area contributed by atoms with Gasteiger partial charge in [-0.15, -0.1) is 0 Å². The van der Waals surface area contributed by atoms with Gasteiger partial charge in [0.25, 0.3) is 0 Å². The molecule has 2 aliphatic carbocycles. The average molecular weight is 336 g/mol. The van der Waals surface area contributed by atoms with Gasteiger partial charge in [0.1, 0.15) is 5.78 Å². The van der Waals surface area contributed by atoms with Crippen molar-refractivity contribution in [1.29, 1.82) is 0 Å². The van der Waals surface area contributed by atoms with Crippen LogP contribution < -0.4 is 4.72 Å². The number of fused-ring (bicyclic) bond motifs is 2. The second-order valence-corrected chi connectivity index (χ2v) is 9.23. The maximum atomic E-state index is 12.5. The molecule has 1 heterocycles. The van der Waals surface area contributed by atoms with E-state index < -0.39 is 15.4 Å². The van der Waals surface area contributed by atoms with E-state index in [1.54, 1.807) is 12.4 Å². The molecule has 1 aromatic rings. The van der Waals surface area contributed by atoms with Gasteiger partial charge in [-0.3, -0.25) is 9.78 Å². The molecule has 0 radical (unpaired) electrons. The van der Waals surface area contributed by atoms with Gasteiger partial charge >= 0.3 is 0 Å². The first kappa shape index (κ1) is 16.6. The maximum Gasteiger partial charge on any atom is 0.212 e. The molecule has 2 unspecified atom stereocenters. The minimum atomic E-state index is -3.47. The fraction of sp³-hybridized carbons (Fsp3) is 0.647. The number of ketones is 1. The number of hydrogen-bond donors (Lipinski definition) is 1. The molecule has 0 amide bonds. The van der Waals surface area contributed by atoms with Crippen LogP contribution in [0.15, 0.2) is 24.5 Å². The van der Waals surface area contributed by atoms with Crippen molar-refractivity contribution in [2.24, 2.45) is 16.7 Å². The van der Waals surface area contributed by atoms with Crippen molar-refractivity contribution in [3.63, 3.8) is 0 Å². The third kappa shape index (κ3) is 2.83. The van der Waals surface area contributed by atoms with Crippen molar-refractivity contribution < 1.29 is 13.2 Å². The minimum absolute atomic E-state index is 0.0708. The molecule has 2 aliphatic rings. The van der Waals surface area contributed by atoms with Crippen LogP contribution in [0.2, 0.25) is 0 Å². The highest BCUT2D eigenvalue weighted by atomic mass is 32.2. The molecule has 0 spiro atoms. The van der Waals surface area contributed by atoms with Gasteiger partial charge in [-0.25, -0.2) is 13.1 Å². The molecule has 0 aromatic carbocycles. The molecule has 5 nitrogen and oxygen atoms in total. The van der Waals surface area contributed by atoms with Gasteiger partial charge in [0.05, 0.1) is 5.75 Å². The predicted molar refractivity (Wildman–Crippen MR) is 88.3 cm³/mol. The predicted octanol–water partition coefficient (Wildman–Crippen LogP) is 1.94. The summed E-state index contributed by atoms with van der Waals surface area (Å²) >= 11 is 0. The monoisotopic (exact) mass is 336 g/mol. The van der Waals surface area contributed by atoms with Gasteiger partial charge in [-0.2, -0.15) is 0 Å². The third-order valence-electron chi connectivity index (χ3n) is 6.06. The Morgan fingerprint density at radius 2 is 2.00 bits per heavy atom. The Hall–Kier alpha value is -1.27. The standard InChI is InChI=1S/C17H24N2O3S/c1-16(2)14-3-7-17(16,15(20)11-14)12-23(21,22)19-10-6-13-4-8-18-9-5-13/h4-5,8-9,14,19H,3,6-7,10-12H2,1-2H3. The first-order valence-corrected chi connectivity index (χ1v) is 9.82. The molecule has 2 saturated carbocycles. The Bertz CT molecular complexity index is 700. The zero-order chi connectivity index (χ0) is 16.7. The average Bonchev–Trinajstić information content (AvgIpc) is 2.82. The molecule has 1 N–H and O–H groups in total. The summed E-state index contributed by atoms with van der Waals surface area (Å²) < 4.78 is 27.7. The number of nitrogens with zero attached hydrogens (tertiary/aromatic N) is 1. The largest absolute Gasteiger partial charge is 0.299 e. The van der Waals surface area contributed by atoms with Crippen LogP contribution in [0, 0.1) is 16.7 Å². The van der Waals surface area contributed by atoms with E-state index in [4.69, 9.17) is 0 Å². The first-order chi connectivity index (χ1) is 10.8. The first-order valence-electron chi connectivity index (χ1n) is 8.16. The van der Waals surface area contributed by atoms with Crippen LogP contribution in [0.25, 0.3) is 0 Å². The maximum absolute atomic E-state index is 12.5. The SMILES string of the molecule is CC1(C)C2CCC1(CS(=O)(=O)NCCc1ccncc1)C(=O)C2. The fourth-order valence-corrected chi connectivity index (χ4v) is 6.23. The quantitative estimate of drug-likeness (QED) is 0.861. The summed E-state index contributed by atoms with van der Waals surface area (Å²) in [7, 11) is -3.47. The van der Waals surface area contributed by atoms with E-state index in [1.807, 2.05) is 12.1 Å². The van der Waals surface area contributed by atoms with Crippen molar-refractivity contribution in [3.05, 3.63) is 30.1 Å². The van der Waals surface area contributed by atoms with Crippen molar-refractivity contribution >= 4 is 15.8 Å². The van der Waals surface area contributed by atoms with E-state index in [0.717, 1.165) is 12.0 Å². The lowest BCUT2D eigenvalue weighted by Gasteiger charge is -2.36. The van der Waals surface area contributed by atoms with Crippen LogP contribution in [0.5, 0.6) is 0 Å². The Balaban J connectivity index is 1.66. The smallest absolute Gasteiger partial charge is 0.212 e. The molecule has 6 heteroatoms. The molecular formula is C17H24N2O3S. The van der Waals surface area contributed by atoms with Crippen molar-refractivity contribution in [2.45, 2.75) is 39.5 Å². The highest BCUT2D eigenvalue weighted by Gasteiger charge is 2.65. The van der Waals surface area contributed by atoms with E-state index in [2.05, 4.69) is 23.6 Å². The normalized spacial score (nSPS) is 29.1. The van der Waals surface area contributed by atoms with Gasteiger partial charge in [-0.05, 0) is 48.3 Å². The Morgan fingerprint density at radius 1 is 1.30 bits per heavy atom. The summed E-state index contributed by atoms with van der Waals surface area (Å²) in [5.74, 6) is 0.402. The highest BCUT2D eigenvalue weighted by molar-refractivity contribution is 7.89. The summed E-state index contributed by atoms with van der Waals surface area (Å²) in [6.07, 6.45) is 6.22. The summed E-state index contributed by atoms with van der Waals surface area (Å²) in [6, 6.07) is 3.75. The molecule has 1 aromatic heterocycles. The third-order valence-corrected chi connectivity index (χ3v) is 7.58. The number of Topliss-reactive ketones (excluding diaryl/α,β-unsaturated/α-hetero) is 1. The number of carbonyl (C=O) groups excluding carboxylic acids is 1. The lowest BCUT2D eigenvalue weighted by molar-refractivity contribution is -0.128. The van der Waals surface area contributed by atoms with Gasteiger partial charge in [0, 0.05) is 30.8 Å². The van der Waals surface area contributed by atoms with Crippen LogP contribution in [0.1, 0.15) is 38.7 Å². The van der Waals surface area contributed by atoms with Crippen LogP contribution >= 0.6 is 0 Å². The summed E-state index contributed by atoms with van der Waals surface area (Å²) in [5, 5.41) is 0. The number of nitrogens with one attached hydrogen (secondary N) is 1. The molecular weight excluding hydrogens is 312 g/mol. The number of sulfonamides is 1. The summed E-state index contributed by atoms with van der Waals surface area (Å²) in [6.45, 7) is 4.46. The van der Waals surface area contributed by atoms with Crippen LogP contribution in [0.4, 0.5) is 0 Å². The van der Waals surface area contributed by atoms with E-state index in [-0.39, 0.29) is 17.0 Å². The van der Waals surface area contributed by atoms with Crippen molar-refractivity contribution in [3.8, 4) is 0 Å². The number of aromatic nitrogens is 1. The van der Waals surface area contributed by atoms with Crippen LogP contribution in [0.3, 0.4) is 0 Å². The number of pyridine rings is 1. The van der Waals surface area contributed by atoms with Crippen molar-refractivity contribution in [1.82, 2.24) is 9.71 Å². The van der Waals surface area contributed by atoms with Crippen LogP contribution in [-0.4, -0.2) is 31.5 Å². The number of hydrogen-bond acceptors (Lipinski definition) is 4. The fourth-order valence-electron chi connectivity index (χ4n) is 4.38. The number of carbonyl (C=O) groups is 1. The Kier molecular flexibility index (Phi) is 4.09. The highest BCUT2D eigenvalue weighted by Crippen LogP contribution is 2.64. The van der Waals surface area contributed by atoms with Gasteiger partial charge in [-0.1, -0.05) is 13.8 Å². The van der Waals surface area contributed by atoms with Crippen LogP contribution in [-0.2, 0) is 21.2 Å². The van der Waals surface area contributed by atoms with Gasteiger partial charge in [0.2, 0.25) is 10.0 Å². The number of rotatable bonds is 6.